The van der Waals surface area contributed by atoms with E-state index in [0.717, 1.165) is 24.5 Å². The van der Waals surface area contributed by atoms with E-state index < -0.39 is 27.4 Å². The molecular formula is C19H19F2N3O3S. The molecule has 6 nitrogen and oxygen atoms in total. The SMILES string of the molecule is CS(=O)(=O)N1CCC(c2ccc(-n3cnc4cc(F)c(O)c(F)c43)cc2)CC1. The molecule has 1 aliphatic rings. The van der Waals surface area contributed by atoms with Gasteiger partial charge in [-0.15, -0.1) is 0 Å². The zero-order valence-electron chi connectivity index (χ0n) is 15.1. The van der Waals surface area contributed by atoms with Crippen molar-refractivity contribution in [3.63, 3.8) is 0 Å². The lowest BCUT2D eigenvalue weighted by molar-refractivity contribution is 0.321. The van der Waals surface area contributed by atoms with Crippen LogP contribution in [0.15, 0.2) is 36.7 Å². The van der Waals surface area contributed by atoms with Crippen LogP contribution in [0, 0.1) is 11.6 Å². The Morgan fingerprint density at radius 1 is 1.14 bits per heavy atom. The Morgan fingerprint density at radius 3 is 2.39 bits per heavy atom. The van der Waals surface area contributed by atoms with Crippen molar-refractivity contribution in [3.05, 3.63) is 53.9 Å². The number of aromatic nitrogens is 2. The van der Waals surface area contributed by atoms with E-state index in [1.807, 2.05) is 12.1 Å². The van der Waals surface area contributed by atoms with E-state index in [9.17, 15) is 22.3 Å². The van der Waals surface area contributed by atoms with Gasteiger partial charge in [0, 0.05) is 24.8 Å². The predicted molar refractivity (Wildman–Crippen MR) is 101 cm³/mol. The molecule has 0 bridgehead atoms. The summed E-state index contributed by atoms with van der Waals surface area (Å²) in [7, 11) is -3.16. The molecule has 0 unspecified atom stereocenters. The summed E-state index contributed by atoms with van der Waals surface area (Å²) in [6, 6.07) is 8.44. The Balaban J connectivity index is 1.60. The number of aromatic hydroxyl groups is 1. The van der Waals surface area contributed by atoms with E-state index in [1.165, 1.54) is 21.5 Å². The molecule has 0 spiro atoms. The monoisotopic (exact) mass is 407 g/mol. The third kappa shape index (κ3) is 3.24. The van der Waals surface area contributed by atoms with Gasteiger partial charge in [0.05, 0.1) is 11.8 Å². The Bertz CT molecular complexity index is 1140. The van der Waals surface area contributed by atoms with Crippen LogP contribution in [0.3, 0.4) is 0 Å². The van der Waals surface area contributed by atoms with Crippen LogP contribution in [-0.4, -0.2) is 46.7 Å². The number of halogens is 2. The van der Waals surface area contributed by atoms with E-state index >= 15 is 0 Å². The predicted octanol–water partition coefficient (Wildman–Crippen LogP) is 3.15. The summed E-state index contributed by atoms with van der Waals surface area (Å²) in [5.41, 5.74) is 1.83. The van der Waals surface area contributed by atoms with Crippen LogP contribution in [0.25, 0.3) is 16.7 Å². The molecule has 3 aromatic rings. The quantitative estimate of drug-likeness (QED) is 0.724. The number of hydrogen-bond acceptors (Lipinski definition) is 4. The molecule has 0 aliphatic carbocycles. The molecule has 0 amide bonds. The Labute approximate surface area is 161 Å². The number of hydrogen-bond donors (Lipinski definition) is 1. The molecule has 1 fully saturated rings. The molecule has 1 aromatic heterocycles. The van der Waals surface area contributed by atoms with Crippen LogP contribution < -0.4 is 0 Å². The van der Waals surface area contributed by atoms with Crippen LogP contribution in [0.5, 0.6) is 5.75 Å². The lowest BCUT2D eigenvalue weighted by Crippen LogP contribution is -2.37. The van der Waals surface area contributed by atoms with Gasteiger partial charge in [-0.3, -0.25) is 4.57 Å². The van der Waals surface area contributed by atoms with E-state index in [0.29, 0.717) is 18.8 Å². The molecule has 0 radical (unpaired) electrons. The molecule has 0 saturated carbocycles. The summed E-state index contributed by atoms with van der Waals surface area (Å²) in [6.07, 6.45) is 4.08. The number of piperidine rings is 1. The Hall–Kier alpha value is -2.52. The van der Waals surface area contributed by atoms with Gasteiger partial charge in [0.25, 0.3) is 0 Å². The number of benzene rings is 2. The summed E-state index contributed by atoms with van der Waals surface area (Å²) < 4.78 is 54.0. The summed E-state index contributed by atoms with van der Waals surface area (Å²) in [5, 5.41) is 9.55. The minimum atomic E-state index is -3.16. The second kappa shape index (κ2) is 6.82. The van der Waals surface area contributed by atoms with Crippen molar-refractivity contribution in [1.82, 2.24) is 13.9 Å². The number of nitrogens with zero attached hydrogens (tertiary/aromatic N) is 3. The number of fused-ring (bicyclic) bond motifs is 1. The van der Waals surface area contributed by atoms with Gasteiger partial charge in [-0.1, -0.05) is 12.1 Å². The molecule has 1 N–H and O–H groups in total. The average Bonchev–Trinajstić information content (AvgIpc) is 3.09. The van der Waals surface area contributed by atoms with Crippen LogP contribution >= 0.6 is 0 Å². The molecule has 2 aromatic carbocycles. The van der Waals surface area contributed by atoms with Gasteiger partial charge in [0.1, 0.15) is 11.8 Å². The van der Waals surface area contributed by atoms with Gasteiger partial charge in [-0.25, -0.2) is 26.5 Å². The van der Waals surface area contributed by atoms with E-state index in [2.05, 4.69) is 4.98 Å². The fraction of sp³-hybridized carbons (Fsp3) is 0.316. The smallest absolute Gasteiger partial charge is 0.211 e. The fourth-order valence-electron chi connectivity index (χ4n) is 3.72. The topological polar surface area (TPSA) is 75.4 Å². The van der Waals surface area contributed by atoms with Crippen molar-refractivity contribution < 1.29 is 22.3 Å². The molecular weight excluding hydrogens is 388 g/mol. The van der Waals surface area contributed by atoms with Crippen molar-refractivity contribution in [2.24, 2.45) is 0 Å². The highest BCUT2D eigenvalue weighted by Gasteiger charge is 2.26. The molecule has 1 aliphatic heterocycles. The number of phenolic OH excluding ortho intramolecular Hbond substituents is 1. The van der Waals surface area contributed by atoms with Gasteiger partial charge >= 0.3 is 0 Å². The van der Waals surface area contributed by atoms with Crippen molar-refractivity contribution in [3.8, 4) is 11.4 Å². The Kier molecular flexibility index (Phi) is 4.59. The first kappa shape index (κ1) is 18.8. The number of sulfonamides is 1. The maximum absolute atomic E-state index is 14.3. The summed E-state index contributed by atoms with van der Waals surface area (Å²) in [5.74, 6) is -2.87. The normalized spacial score (nSPS) is 16.7. The van der Waals surface area contributed by atoms with Gasteiger partial charge in [0.15, 0.2) is 17.4 Å². The van der Waals surface area contributed by atoms with Gasteiger partial charge in [-0.2, -0.15) is 0 Å². The minimum absolute atomic E-state index is 0.00751. The van der Waals surface area contributed by atoms with Crippen molar-refractivity contribution in [1.29, 1.82) is 0 Å². The van der Waals surface area contributed by atoms with E-state index in [4.69, 9.17) is 0 Å². The second-order valence-corrected chi connectivity index (χ2v) is 9.01. The highest BCUT2D eigenvalue weighted by atomic mass is 32.2. The molecule has 148 valence electrons. The van der Waals surface area contributed by atoms with Gasteiger partial charge < -0.3 is 5.11 Å². The zero-order chi connectivity index (χ0) is 20.1. The third-order valence-corrected chi connectivity index (χ3v) is 6.57. The first-order valence-corrected chi connectivity index (χ1v) is 10.7. The Morgan fingerprint density at radius 2 is 1.79 bits per heavy atom. The van der Waals surface area contributed by atoms with E-state index in [-0.39, 0.29) is 17.0 Å². The lowest BCUT2D eigenvalue weighted by atomic mass is 9.90. The maximum Gasteiger partial charge on any atom is 0.211 e. The van der Waals surface area contributed by atoms with Crippen LogP contribution in [0.2, 0.25) is 0 Å². The van der Waals surface area contributed by atoms with Crippen LogP contribution in [-0.2, 0) is 10.0 Å². The molecule has 2 heterocycles. The standard InChI is InChI=1S/C19H19F2N3O3S/c1-28(26,27)23-8-6-13(7-9-23)12-2-4-14(5-3-12)24-11-22-16-10-15(20)19(25)17(21)18(16)24/h2-5,10-11,13,25H,6-9H2,1H3. The van der Waals surface area contributed by atoms with Gasteiger partial charge in [-0.05, 0) is 36.5 Å². The van der Waals surface area contributed by atoms with Crippen LogP contribution in [0.4, 0.5) is 8.78 Å². The fourth-order valence-corrected chi connectivity index (χ4v) is 4.59. The second-order valence-electron chi connectivity index (χ2n) is 7.03. The zero-order valence-corrected chi connectivity index (χ0v) is 16.0. The van der Waals surface area contributed by atoms with Crippen LogP contribution in [0.1, 0.15) is 24.3 Å². The number of imidazole rings is 1. The van der Waals surface area contributed by atoms with Crippen molar-refractivity contribution >= 4 is 21.1 Å². The third-order valence-electron chi connectivity index (χ3n) is 5.27. The molecule has 28 heavy (non-hydrogen) atoms. The van der Waals surface area contributed by atoms with Crippen molar-refractivity contribution in [2.75, 3.05) is 19.3 Å². The largest absolute Gasteiger partial charge is 0.503 e. The van der Waals surface area contributed by atoms with E-state index in [1.54, 1.807) is 12.1 Å². The maximum atomic E-state index is 14.3. The number of phenols is 1. The average molecular weight is 407 g/mol. The molecule has 9 heteroatoms. The lowest BCUT2D eigenvalue weighted by Gasteiger charge is -2.30. The summed E-state index contributed by atoms with van der Waals surface area (Å²) >= 11 is 0. The molecule has 1 saturated heterocycles. The first-order chi connectivity index (χ1) is 13.3. The summed E-state index contributed by atoms with van der Waals surface area (Å²) in [6.45, 7) is 0.987. The first-order valence-electron chi connectivity index (χ1n) is 8.85. The number of rotatable bonds is 3. The highest BCUT2D eigenvalue weighted by Crippen LogP contribution is 2.32. The highest BCUT2D eigenvalue weighted by molar-refractivity contribution is 7.88. The van der Waals surface area contributed by atoms with Crippen molar-refractivity contribution in [2.45, 2.75) is 18.8 Å². The van der Waals surface area contributed by atoms with Gasteiger partial charge in [0.2, 0.25) is 10.0 Å². The summed E-state index contributed by atoms with van der Waals surface area (Å²) in [4.78, 5) is 4.01. The molecule has 4 rings (SSSR count). The minimum Gasteiger partial charge on any atom is -0.503 e. The molecule has 0 atom stereocenters.